The Balaban J connectivity index is 3.38. The highest BCUT2D eigenvalue weighted by molar-refractivity contribution is 5.19. The lowest BCUT2D eigenvalue weighted by atomic mass is 10.1. The molecule has 0 aromatic carbocycles. The molecule has 0 radical (unpaired) electrons. The molecule has 0 saturated carbocycles. The van der Waals surface area contributed by atoms with Crippen LogP contribution in [0.2, 0.25) is 0 Å². The molecule has 0 saturated heterocycles. The molecule has 15 heavy (non-hydrogen) atoms. The van der Waals surface area contributed by atoms with Crippen LogP contribution in [-0.2, 0) is 6.18 Å². The molecule has 0 aliphatic heterocycles. The molecule has 1 rings (SSSR count). The largest absolute Gasteiger partial charge is 0.436 e. The van der Waals surface area contributed by atoms with Crippen molar-refractivity contribution in [3.63, 3.8) is 0 Å². The first-order valence-electron chi connectivity index (χ1n) is 4.16. The molecule has 0 aliphatic rings. The van der Waals surface area contributed by atoms with Crippen LogP contribution in [0, 0.1) is 11.6 Å². The van der Waals surface area contributed by atoms with E-state index in [1.807, 2.05) is 0 Å². The fraction of sp³-hybridized carbons (Fsp3) is 0.444. The van der Waals surface area contributed by atoms with Gasteiger partial charge in [0.1, 0.15) is 0 Å². The highest BCUT2D eigenvalue weighted by atomic mass is 19.4. The Morgan fingerprint density at radius 1 is 1.20 bits per heavy atom. The van der Waals surface area contributed by atoms with Crippen LogP contribution in [0.25, 0.3) is 0 Å². The smallest absolute Gasteiger partial charge is 0.245 e. The van der Waals surface area contributed by atoms with E-state index in [1.165, 1.54) is 0 Å². The summed E-state index contributed by atoms with van der Waals surface area (Å²) in [6.45, 7) is 3.08. The van der Waals surface area contributed by atoms with E-state index in [0.29, 0.717) is 6.07 Å². The van der Waals surface area contributed by atoms with Crippen LogP contribution in [0.5, 0.6) is 0 Å². The Kier molecular flexibility index (Phi) is 2.97. The molecule has 0 fully saturated rings. The summed E-state index contributed by atoms with van der Waals surface area (Å²) in [6, 6.07) is 0.676. The van der Waals surface area contributed by atoms with Crippen LogP contribution in [0.15, 0.2) is 6.07 Å². The van der Waals surface area contributed by atoms with E-state index < -0.39 is 29.4 Å². The molecular weight excluding hydrogens is 217 g/mol. The van der Waals surface area contributed by atoms with Gasteiger partial charge in [-0.05, 0) is 12.0 Å². The van der Waals surface area contributed by atoms with Gasteiger partial charge in [-0.1, -0.05) is 13.8 Å². The first-order chi connectivity index (χ1) is 6.73. The lowest BCUT2D eigenvalue weighted by Crippen LogP contribution is -2.14. The maximum Gasteiger partial charge on any atom is 0.436 e. The summed E-state index contributed by atoms with van der Waals surface area (Å²) in [7, 11) is 0. The first kappa shape index (κ1) is 11.9. The quantitative estimate of drug-likeness (QED) is 0.666. The Labute approximate surface area is 82.9 Å². The fourth-order valence-electron chi connectivity index (χ4n) is 1.00. The highest BCUT2D eigenvalue weighted by Gasteiger charge is 2.38. The zero-order chi connectivity index (χ0) is 11.8. The number of alkyl halides is 3. The number of aromatic nitrogens is 1. The van der Waals surface area contributed by atoms with Crippen molar-refractivity contribution in [1.82, 2.24) is 4.98 Å². The van der Waals surface area contributed by atoms with Crippen molar-refractivity contribution in [1.29, 1.82) is 0 Å². The van der Waals surface area contributed by atoms with Crippen LogP contribution in [-0.4, -0.2) is 4.98 Å². The van der Waals surface area contributed by atoms with Gasteiger partial charge < -0.3 is 0 Å². The average molecular weight is 225 g/mol. The van der Waals surface area contributed by atoms with E-state index in [-0.39, 0.29) is 5.69 Å². The van der Waals surface area contributed by atoms with Gasteiger partial charge in [-0.3, -0.25) is 0 Å². The van der Waals surface area contributed by atoms with Crippen LogP contribution in [0.1, 0.15) is 31.2 Å². The number of hydrogen-bond donors (Lipinski definition) is 0. The molecule has 0 aliphatic carbocycles. The van der Waals surface area contributed by atoms with E-state index in [0.717, 1.165) is 0 Å². The lowest BCUT2D eigenvalue weighted by Gasteiger charge is -2.11. The molecule has 0 spiro atoms. The van der Waals surface area contributed by atoms with Crippen molar-refractivity contribution in [2.24, 2.45) is 0 Å². The van der Waals surface area contributed by atoms with Crippen LogP contribution in [0.4, 0.5) is 22.0 Å². The Morgan fingerprint density at radius 3 is 2.13 bits per heavy atom. The zero-order valence-corrected chi connectivity index (χ0v) is 7.99. The number of hydrogen-bond acceptors (Lipinski definition) is 1. The van der Waals surface area contributed by atoms with Gasteiger partial charge in [-0.2, -0.15) is 13.2 Å². The van der Waals surface area contributed by atoms with Crippen molar-refractivity contribution in [2.75, 3.05) is 0 Å². The first-order valence-corrected chi connectivity index (χ1v) is 4.16. The summed E-state index contributed by atoms with van der Waals surface area (Å²) < 4.78 is 62.2. The predicted molar refractivity (Wildman–Crippen MR) is 43.2 cm³/mol. The van der Waals surface area contributed by atoms with E-state index in [1.54, 1.807) is 13.8 Å². The second kappa shape index (κ2) is 3.75. The molecule has 0 N–H and O–H groups in total. The minimum atomic E-state index is -4.98. The molecule has 1 aromatic heterocycles. The normalized spacial score (nSPS) is 12.3. The van der Waals surface area contributed by atoms with Gasteiger partial charge in [-0.15, -0.1) is 0 Å². The summed E-state index contributed by atoms with van der Waals surface area (Å²) in [4.78, 5) is 3.06. The predicted octanol–water partition coefficient (Wildman–Crippen LogP) is 3.50. The van der Waals surface area contributed by atoms with Crippen LogP contribution in [0.3, 0.4) is 0 Å². The molecule has 1 nitrogen and oxygen atoms in total. The third-order valence-electron chi connectivity index (χ3n) is 1.79. The maximum atomic E-state index is 12.8. The zero-order valence-electron chi connectivity index (χ0n) is 7.99. The second-order valence-corrected chi connectivity index (χ2v) is 3.34. The van der Waals surface area contributed by atoms with Crippen molar-refractivity contribution in [3.05, 3.63) is 29.1 Å². The Hall–Kier alpha value is -1.20. The van der Waals surface area contributed by atoms with Gasteiger partial charge >= 0.3 is 6.18 Å². The molecule has 0 atom stereocenters. The molecule has 0 amide bonds. The standard InChI is InChI=1S/C9H8F5N/c1-4(2)6-3-5(10)7(11)8(15-6)9(12,13)14/h3-4H,1-2H3. The molecule has 0 unspecified atom stereocenters. The van der Waals surface area contributed by atoms with Gasteiger partial charge in [0.2, 0.25) is 0 Å². The molecule has 6 heteroatoms. The molecule has 0 bridgehead atoms. The van der Waals surface area contributed by atoms with Gasteiger partial charge in [0.05, 0.1) is 0 Å². The number of pyridine rings is 1. The van der Waals surface area contributed by atoms with Gasteiger partial charge in [0.15, 0.2) is 17.3 Å². The number of rotatable bonds is 1. The molecule has 84 valence electrons. The topological polar surface area (TPSA) is 12.9 Å². The van der Waals surface area contributed by atoms with Crippen LogP contribution >= 0.6 is 0 Å². The van der Waals surface area contributed by atoms with Crippen molar-refractivity contribution in [3.8, 4) is 0 Å². The Bertz CT molecular complexity index is 370. The summed E-state index contributed by atoms with van der Waals surface area (Å²) in [5.41, 5.74) is -1.92. The van der Waals surface area contributed by atoms with Gasteiger partial charge in [0, 0.05) is 5.69 Å². The highest BCUT2D eigenvalue weighted by Crippen LogP contribution is 2.31. The number of halogens is 5. The van der Waals surface area contributed by atoms with Crippen molar-refractivity contribution < 1.29 is 22.0 Å². The summed E-state index contributed by atoms with van der Waals surface area (Å²) >= 11 is 0. The lowest BCUT2D eigenvalue weighted by molar-refractivity contribution is -0.144. The van der Waals surface area contributed by atoms with Crippen molar-refractivity contribution in [2.45, 2.75) is 25.9 Å². The minimum Gasteiger partial charge on any atom is -0.245 e. The van der Waals surface area contributed by atoms with Gasteiger partial charge in [-0.25, -0.2) is 13.8 Å². The Morgan fingerprint density at radius 2 is 1.73 bits per heavy atom. The molecule has 1 aromatic rings. The van der Waals surface area contributed by atoms with Gasteiger partial charge in [0.25, 0.3) is 0 Å². The average Bonchev–Trinajstić information content (AvgIpc) is 2.06. The van der Waals surface area contributed by atoms with Crippen LogP contribution < -0.4 is 0 Å². The van der Waals surface area contributed by atoms with E-state index in [4.69, 9.17) is 0 Å². The van der Waals surface area contributed by atoms with E-state index in [2.05, 4.69) is 4.98 Å². The number of nitrogens with zero attached hydrogens (tertiary/aromatic N) is 1. The van der Waals surface area contributed by atoms with E-state index in [9.17, 15) is 22.0 Å². The molecule has 1 heterocycles. The summed E-state index contributed by atoms with van der Waals surface area (Å²) in [5.74, 6) is -3.88. The third kappa shape index (κ3) is 2.43. The summed E-state index contributed by atoms with van der Waals surface area (Å²) in [6.07, 6.45) is -4.98. The third-order valence-corrected chi connectivity index (χ3v) is 1.79. The van der Waals surface area contributed by atoms with E-state index >= 15 is 0 Å². The monoisotopic (exact) mass is 225 g/mol. The SMILES string of the molecule is CC(C)c1cc(F)c(F)c(C(F)(F)F)n1. The van der Waals surface area contributed by atoms with Crippen molar-refractivity contribution >= 4 is 0 Å². The maximum absolute atomic E-state index is 12.8. The summed E-state index contributed by atoms with van der Waals surface area (Å²) in [5, 5.41) is 0. The molecular formula is C9H8F5N. The fourth-order valence-corrected chi connectivity index (χ4v) is 1.00. The minimum absolute atomic E-state index is 0.124. The second-order valence-electron chi connectivity index (χ2n) is 3.34.